The Morgan fingerprint density at radius 1 is 1.00 bits per heavy atom. The molecule has 0 saturated carbocycles. The number of amides is 2. The lowest BCUT2D eigenvalue weighted by Gasteiger charge is -2.36. The van der Waals surface area contributed by atoms with Gasteiger partial charge in [0.1, 0.15) is 5.25 Å². The predicted octanol–water partition coefficient (Wildman–Crippen LogP) is 5.82. The molecule has 0 spiro atoms. The molecular weight excluding hydrogens is 428 g/mol. The third kappa shape index (κ3) is 4.98. The molecule has 0 radical (unpaired) electrons. The number of nitrogens with one attached hydrogen (secondary N) is 1. The Morgan fingerprint density at radius 2 is 1.70 bits per heavy atom. The zero-order valence-electron chi connectivity index (χ0n) is 19.5. The van der Waals surface area contributed by atoms with Crippen LogP contribution in [0.1, 0.15) is 42.1 Å². The van der Waals surface area contributed by atoms with Crippen LogP contribution in [0.2, 0.25) is 0 Å². The number of para-hydroxylation sites is 1. The number of fused-ring (bicyclic) bond motifs is 1. The molecule has 1 N–H and O–H groups in total. The summed E-state index contributed by atoms with van der Waals surface area (Å²) in [6.45, 7) is 8.45. The summed E-state index contributed by atoms with van der Waals surface area (Å²) in [6.07, 6.45) is 0. The largest absolute Gasteiger partial charge is 0.349 e. The SMILES string of the molecule is Cc1ccc(C)c(CN2C(=O)C(C(C)C(=O)NC(C)c3ccccc3)Sc3ccccc32)c1. The van der Waals surface area contributed by atoms with Crippen LogP contribution < -0.4 is 10.2 Å². The van der Waals surface area contributed by atoms with Gasteiger partial charge in [-0.3, -0.25) is 9.59 Å². The maximum atomic E-state index is 13.7. The van der Waals surface area contributed by atoms with Gasteiger partial charge >= 0.3 is 0 Å². The van der Waals surface area contributed by atoms with Gasteiger partial charge in [0.2, 0.25) is 11.8 Å². The number of hydrogen-bond donors (Lipinski definition) is 1. The highest BCUT2D eigenvalue weighted by Gasteiger charge is 2.39. The third-order valence-corrected chi connectivity index (χ3v) is 7.74. The van der Waals surface area contributed by atoms with Gasteiger partial charge in [0.15, 0.2) is 0 Å². The molecule has 33 heavy (non-hydrogen) atoms. The third-order valence-electron chi connectivity index (χ3n) is 6.28. The molecule has 0 bridgehead atoms. The standard InChI is InChI=1S/C28H30N2O2S/c1-18-14-15-19(2)23(16-18)17-30-24-12-8-9-13-25(24)33-26(28(30)32)20(3)27(31)29-21(4)22-10-6-5-7-11-22/h5-16,20-21,26H,17H2,1-4H3,(H,29,31). The Morgan fingerprint density at radius 3 is 2.45 bits per heavy atom. The lowest BCUT2D eigenvalue weighted by molar-refractivity contribution is -0.128. The number of anilines is 1. The van der Waals surface area contributed by atoms with Gasteiger partial charge in [-0.05, 0) is 49.6 Å². The highest BCUT2D eigenvalue weighted by atomic mass is 32.2. The molecule has 0 saturated heterocycles. The normalized spacial score (nSPS) is 17.3. The Bertz CT molecular complexity index is 1160. The monoisotopic (exact) mass is 458 g/mol. The van der Waals surface area contributed by atoms with Crippen molar-refractivity contribution in [1.82, 2.24) is 5.32 Å². The van der Waals surface area contributed by atoms with Crippen LogP contribution in [0.4, 0.5) is 5.69 Å². The summed E-state index contributed by atoms with van der Waals surface area (Å²) in [7, 11) is 0. The fraction of sp³-hybridized carbons (Fsp3) is 0.286. The van der Waals surface area contributed by atoms with E-state index in [1.807, 2.05) is 73.3 Å². The molecule has 0 fully saturated rings. The molecule has 2 amide bonds. The molecule has 0 aromatic heterocycles. The zero-order valence-corrected chi connectivity index (χ0v) is 20.4. The van der Waals surface area contributed by atoms with Crippen molar-refractivity contribution in [3.8, 4) is 0 Å². The Kier molecular flexibility index (Phi) is 6.89. The highest BCUT2D eigenvalue weighted by molar-refractivity contribution is 8.01. The zero-order chi connectivity index (χ0) is 23.5. The fourth-order valence-corrected chi connectivity index (χ4v) is 5.45. The van der Waals surface area contributed by atoms with E-state index in [0.717, 1.165) is 27.3 Å². The van der Waals surface area contributed by atoms with E-state index in [-0.39, 0.29) is 17.9 Å². The van der Waals surface area contributed by atoms with Gasteiger partial charge in [0.05, 0.1) is 24.2 Å². The van der Waals surface area contributed by atoms with E-state index in [2.05, 4.69) is 37.4 Å². The molecule has 3 aromatic carbocycles. The molecule has 1 heterocycles. The van der Waals surface area contributed by atoms with Gasteiger partial charge in [-0.1, -0.05) is 73.2 Å². The first kappa shape index (κ1) is 23.1. The smallest absolute Gasteiger partial charge is 0.241 e. The second kappa shape index (κ2) is 9.84. The summed E-state index contributed by atoms with van der Waals surface area (Å²) in [4.78, 5) is 29.7. The number of carbonyl (C=O) groups is 2. The van der Waals surface area contributed by atoms with Gasteiger partial charge in [0, 0.05) is 4.90 Å². The predicted molar refractivity (Wildman–Crippen MR) is 135 cm³/mol. The first-order valence-electron chi connectivity index (χ1n) is 11.3. The van der Waals surface area contributed by atoms with Gasteiger partial charge in [-0.15, -0.1) is 11.8 Å². The van der Waals surface area contributed by atoms with Crippen LogP contribution in [0.5, 0.6) is 0 Å². The first-order chi connectivity index (χ1) is 15.8. The van der Waals surface area contributed by atoms with Crippen LogP contribution in [0.25, 0.3) is 0 Å². The van der Waals surface area contributed by atoms with Gasteiger partial charge in [-0.25, -0.2) is 0 Å². The van der Waals surface area contributed by atoms with Gasteiger partial charge in [0.25, 0.3) is 0 Å². The van der Waals surface area contributed by atoms with Crippen molar-refractivity contribution in [3.05, 3.63) is 95.1 Å². The second-order valence-electron chi connectivity index (χ2n) is 8.79. The van der Waals surface area contributed by atoms with E-state index in [9.17, 15) is 9.59 Å². The molecule has 1 aliphatic rings. The van der Waals surface area contributed by atoms with E-state index in [1.54, 1.807) is 0 Å². The molecule has 4 nitrogen and oxygen atoms in total. The van der Waals surface area contributed by atoms with Crippen LogP contribution in [0, 0.1) is 19.8 Å². The molecule has 3 atom stereocenters. The summed E-state index contributed by atoms with van der Waals surface area (Å²) in [6, 6.07) is 24.0. The Hall–Kier alpha value is -3.05. The number of carbonyl (C=O) groups excluding carboxylic acids is 2. The minimum atomic E-state index is -0.479. The average Bonchev–Trinajstić information content (AvgIpc) is 2.82. The fourth-order valence-electron chi connectivity index (χ4n) is 4.17. The summed E-state index contributed by atoms with van der Waals surface area (Å²) in [5, 5.41) is 2.62. The maximum Gasteiger partial charge on any atom is 0.241 e. The van der Waals surface area contributed by atoms with E-state index in [0.29, 0.717) is 6.54 Å². The molecule has 1 aliphatic heterocycles. The van der Waals surface area contributed by atoms with E-state index in [1.165, 1.54) is 17.3 Å². The van der Waals surface area contributed by atoms with Crippen LogP contribution in [-0.4, -0.2) is 17.1 Å². The van der Waals surface area contributed by atoms with Crippen molar-refractivity contribution >= 4 is 29.3 Å². The maximum absolute atomic E-state index is 13.7. The summed E-state index contributed by atoms with van der Waals surface area (Å²) in [5.74, 6) is -0.596. The molecule has 170 valence electrons. The van der Waals surface area contributed by atoms with Gasteiger partial charge < -0.3 is 10.2 Å². The number of hydrogen-bond acceptors (Lipinski definition) is 3. The van der Waals surface area contributed by atoms with Crippen LogP contribution in [0.3, 0.4) is 0 Å². The molecule has 3 unspecified atom stereocenters. The first-order valence-corrected chi connectivity index (χ1v) is 12.2. The van der Waals surface area contributed by atoms with Crippen molar-refractivity contribution in [2.24, 2.45) is 5.92 Å². The molecular formula is C28H30N2O2S. The molecule has 3 aromatic rings. The van der Waals surface area contributed by atoms with Crippen LogP contribution in [-0.2, 0) is 16.1 Å². The number of aryl methyl sites for hydroxylation is 2. The van der Waals surface area contributed by atoms with E-state index >= 15 is 0 Å². The number of nitrogens with zero attached hydrogens (tertiary/aromatic N) is 1. The second-order valence-corrected chi connectivity index (χ2v) is 9.97. The lowest BCUT2D eigenvalue weighted by Crippen LogP contribution is -2.47. The average molecular weight is 459 g/mol. The Labute approximate surface area is 200 Å². The van der Waals surface area contributed by atoms with Crippen molar-refractivity contribution in [1.29, 1.82) is 0 Å². The molecule has 0 aliphatic carbocycles. The Balaban J connectivity index is 1.58. The van der Waals surface area contributed by atoms with E-state index in [4.69, 9.17) is 0 Å². The summed E-state index contributed by atoms with van der Waals surface area (Å²) < 4.78 is 0. The molecule has 5 heteroatoms. The quantitative estimate of drug-likeness (QED) is 0.506. The van der Waals surface area contributed by atoms with Crippen molar-refractivity contribution < 1.29 is 9.59 Å². The van der Waals surface area contributed by atoms with Crippen LogP contribution in [0.15, 0.2) is 77.7 Å². The van der Waals surface area contributed by atoms with E-state index < -0.39 is 11.2 Å². The topological polar surface area (TPSA) is 49.4 Å². The van der Waals surface area contributed by atoms with Crippen molar-refractivity contribution in [2.45, 2.75) is 50.4 Å². The minimum Gasteiger partial charge on any atom is -0.349 e. The van der Waals surface area contributed by atoms with Gasteiger partial charge in [-0.2, -0.15) is 0 Å². The van der Waals surface area contributed by atoms with Crippen LogP contribution >= 0.6 is 11.8 Å². The highest BCUT2D eigenvalue weighted by Crippen LogP contribution is 2.42. The minimum absolute atomic E-state index is 0.0189. The van der Waals surface area contributed by atoms with Crippen molar-refractivity contribution in [3.63, 3.8) is 0 Å². The lowest BCUT2D eigenvalue weighted by atomic mass is 10.0. The number of thioether (sulfide) groups is 1. The molecule has 4 rings (SSSR count). The van der Waals surface area contributed by atoms with Crippen molar-refractivity contribution in [2.75, 3.05) is 4.90 Å². The number of rotatable bonds is 6. The summed E-state index contributed by atoms with van der Waals surface area (Å²) in [5.41, 5.74) is 5.40. The number of benzene rings is 3. The summed E-state index contributed by atoms with van der Waals surface area (Å²) >= 11 is 1.49.